The van der Waals surface area contributed by atoms with E-state index in [0.717, 1.165) is 0 Å². The summed E-state index contributed by atoms with van der Waals surface area (Å²) in [7, 11) is 0. The number of alkyl halides is 1. The van der Waals surface area contributed by atoms with Gasteiger partial charge in [-0.05, 0) is 6.92 Å². The van der Waals surface area contributed by atoms with Crippen LogP contribution >= 0.6 is 0 Å². The summed E-state index contributed by atoms with van der Waals surface area (Å²) in [5.74, 6) is -1.78. The van der Waals surface area contributed by atoms with Crippen LogP contribution in [0.3, 0.4) is 0 Å². The number of carbonyl (C=O) groups is 1. The molecule has 0 unspecified atom stereocenters. The molecule has 4 heteroatoms. The van der Waals surface area contributed by atoms with Gasteiger partial charge in [0.25, 0.3) is 0 Å². The molecule has 60 valence electrons. The zero-order chi connectivity index (χ0) is 8.31. The lowest BCUT2D eigenvalue weighted by Crippen LogP contribution is -2.40. The van der Waals surface area contributed by atoms with Crippen molar-refractivity contribution in [1.29, 1.82) is 0 Å². The van der Waals surface area contributed by atoms with Crippen LogP contribution in [-0.4, -0.2) is 23.3 Å². The van der Waals surface area contributed by atoms with Gasteiger partial charge < -0.3 is 10.8 Å². The van der Waals surface area contributed by atoms with E-state index < -0.39 is 24.1 Å². The average molecular weight is 149 g/mol. The molecule has 0 rings (SSSR count). The van der Waals surface area contributed by atoms with E-state index in [9.17, 15) is 9.18 Å². The summed E-state index contributed by atoms with van der Waals surface area (Å²) in [6, 6.07) is -1.10. The third kappa shape index (κ3) is 2.31. The quantitative estimate of drug-likeness (QED) is 0.610. The molecule has 0 saturated heterocycles. The van der Waals surface area contributed by atoms with Crippen LogP contribution in [0.25, 0.3) is 0 Å². The van der Waals surface area contributed by atoms with E-state index in [4.69, 9.17) is 10.8 Å². The number of hydrogen-bond donors (Lipinski definition) is 2. The van der Waals surface area contributed by atoms with Crippen molar-refractivity contribution in [2.24, 2.45) is 11.7 Å². The van der Waals surface area contributed by atoms with Crippen molar-refractivity contribution in [2.45, 2.75) is 26.1 Å². The zero-order valence-corrected chi connectivity index (χ0v) is 6.04. The van der Waals surface area contributed by atoms with Crippen molar-refractivity contribution in [3.8, 4) is 0 Å². The Bertz CT molecular complexity index is 127. The summed E-state index contributed by atoms with van der Waals surface area (Å²) in [5, 5.41) is 8.31. The first kappa shape index (κ1) is 9.36. The largest absolute Gasteiger partial charge is 0.480 e. The predicted octanol–water partition coefficient (Wildman–Crippen LogP) is 0.392. The van der Waals surface area contributed by atoms with Crippen LogP contribution in [0.4, 0.5) is 4.39 Å². The first-order valence-electron chi connectivity index (χ1n) is 3.09. The molecule has 0 radical (unpaired) electrons. The van der Waals surface area contributed by atoms with E-state index in [2.05, 4.69) is 0 Å². The fourth-order valence-corrected chi connectivity index (χ4v) is 0.511. The lowest BCUT2D eigenvalue weighted by atomic mass is 9.99. The minimum atomic E-state index is -1.17. The molecule has 0 saturated carbocycles. The second-order valence-electron chi connectivity index (χ2n) is 2.40. The first-order chi connectivity index (χ1) is 4.46. The first-order valence-corrected chi connectivity index (χ1v) is 3.09. The van der Waals surface area contributed by atoms with Crippen molar-refractivity contribution in [3.63, 3.8) is 0 Å². The molecular formula is C6H12FNO2. The van der Waals surface area contributed by atoms with Crippen LogP contribution in [0.1, 0.15) is 13.8 Å². The summed E-state index contributed by atoms with van der Waals surface area (Å²) in [5.41, 5.74) is 5.12. The maximum absolute atomic E-state index is 12.4. The van der Waals surface area contributed by atoms with E-state index in [0.29, 0.717) is 0 Å². The molecule has 0 aliphatic carbocycles. The van der Waals surface area contributed by atoms with Gasteiger partial charge in [0.15, 0.2) is 0 Å². The highest BCUT2D eigenvalue weighted by Gasteiger charge is 2.24. The molecule has 0 aliphatic heterocycles. The Morgan fingerprint density at radius 2 is 2.00 bits per heavy atom. The van der Waals surface area contributed by atoms with Gasteiger partial charge in [0, 0.05) is 5.92 Å². The van der Waals surface area contributed by atoms with Gasteiger partial charge in [-0.15, -0.1) is 0 Å². The van der Waals surface area contributed by atoms with Gasteiger partial charge in [-0.2, -0.15) is 0 Å². The molecule has 0 heterocycles. The Labute approximate surface area is 59.0 Å². The molecule has 3 atom stereocenters. The minimum Gasteiger partial charge on any atom is -0.480 e. The normalized spacial score (nSPS) is 19.6. The molecule has 0 aromatic carbocycles. The molecule has 3 N–H and O–H groups in total. The number of halogens is 1. The third-order valence-electron chi connectivity index (χ3n) is 1.58. The highest BCUT2D eigenvalue weighted by atomic mass is 19.1. The average Bonchev–Trinajstić information content (AvgIpc) is 1.84. The number of rotatable bonds is 3. The summed E-state index contributed by atoms with van der Waals surface area (Å²) in [6.07, 6.45) is -1.17. The van der Waals surface area contributed by atoms with Gasteiger partial charge in [-0.3, -0.25) is 4.79 Å². The van der Waals surface area contributed by atoms with Crippen molar-refractivity contribution in [3.05, 3.63) is 0 Å². The van der Waals surface area contributed by atoms with Crippen molar-refractivity contribution in [1.82, 2.24) is 0 Å². The lowest BCUT2D eigenvalue weighted by molar-refractivity contribution is -0.140. The summed E-state index contributed by atoms with van der Waals surface area (Å²) < 4.78 is 12.4. The topological polar surface area (TPSA) is 63.3 Å². The third-order valence-corrected chi connectivity index (χ3v) is 1.58. The summed E-state index contributed by atoms with van der Waals surface area (Å²) in [4.78, 5) is 10.2. The number of nitrogens with two attached hydrogens (primary N) is 1. The molecule has 0 amide bonds. The number of aliphatic carboxylic acids is 1. The van der Waals surface area contributed by atoms with Gasteiger partial charge in [0.05, 0.1) is 0 Å². The number of hydrogen-bond acceptors (Lipinski definition) is 2. The van der Waals surface area contributed by atoms with Crippen LogP contribution in [0.5, 0.6) is 0 Å². The van der Waals surface area contributed by atoms with Crippen LogP contribution in [-0.2, 0) is 4.79 Å². The van der Waals surface area contributed by atoms with Gasteiger partial charge in [0.2, 0.25) is 0 Å². The SMILES string of the molecule is C[C@@H]([C@H](N)C(=O)O)[C@@H](C)F. The van der Waals surface area contributed by atoms with Crippen LogP contribution in [0, 0.1) is 5.92 Å². The van der Waals surface area contributed by atoms with Crippen molar-refractivity contribution < 1.29 is 14.3 Å². The Kier molecular flexibility index (Phi) is 3.28. The smallest absolute Gasteiger partial charge is 0.320 e. The van der Waals surface area contributed by atoms with E-state index in [1.54, 1.807) is 0 Å². The molecule has 0 fully saturated rings. The highest BCUT2D eigenvalue weighted by Crippen LogP contribution is 2.09. The molecule has 10 heavy (non-hydrogen) atoms. The Hall–Kier alpha value is -0.640. The van der Waals surface area contributed by atoms with Crippen molar-refractivity contribution >= 4 is 5.97 Å². The maximum Gasteiger partial charge on any atom is 0.320 e. The Morgan fingerprint density at radius 3 is 2.10 bits per heavy atom. The zero-order valence-electron chi connectivity index (χ0n) is 6.04. The standard InChI is InChI=1S/C6H12FNO2/c1-3(4(2)7)5(8)6(9)10/h3-5H,8H2,1-2H3,(H,9,10)/t3-,4-,5+/m1/s1. The molecular weight excluding hydrogens is 137 g/mol. The van der Waals surface area contributed by atoms with Gasteiger partial charge in [-0.25, -0.2) is 4.39 Å². The second kappa shape index (κ2) is 3.51. The Morgan fingerprint density at radius 1 is 1.60 bits per heavy atom. The summed E-state index contributed by atoms with van der Waals surface area (Å²) >= 11 is 0. The van der Waals surface area contributed by atoms with E-state index in [1.807, 2.05) is 0 Å². The fraction of sp³-hybridized carbons (Fsp3) is 0.833. The lowest BCUT2D eigenvalue weighted by Gasteiger charge is -2.16. The molecule has 0 bridgehead atoms. The second-order valence-corrected chi connectivity index (χ2v) is 2.40. The van der Waals surface area contributed by atoms with Gasteiger partial charge >= 0.3 is 5.97 Å². The van der Waals surface area contributed by atoms with Crippen LogP contribution in [0.2, 0.25) is 0 Å². The highest BCUT2D eigenvalue weighted by molar-refractivity contribution is 5.73. The minimum absolute atomic E-state index is 0.627. The molecule has 0 aromatic rings. The molecule has 0 spiro atoms. The van der Waals surface area contributed by atoms with Gasteiger partial charge in [-0.1, -0.05) is 6.92 Å². The Balaban J connectivity index is 3.94. The summed E-state index contributed by atoms with van der Waals surface area (Å²) in [6.45, 7) is 2.77. The monoisotopic (exact) mass is 149 g/mol. The number of carboxylic acid groups (broad SMARTS) is 1. The van der Waals surface area contributed by atoms with E-state index in [1.165, 1.54) is 13.8 Å². The van der Waals surface area contributed by atoms with Crippen LogP contribution < -0.4 is 5.73 Å². The molecule has 3 nitrogen and oxygen atoms in total. The predicted molar refractivity (Wildman–Crippen MR) is 35.3 cm³/mol. The van der Waals surface area contributed by atoms with Crippen molar-refractivity contribution in [2.75, 3.05) is 0 Å². The van der Waals surface area contributed by atoms with E-state index in [-0.39, 0.29) is 0 Å². The molecule has 0 aliphatic rings. The van der Waals surface area contributed by atoms with E-state index >= 15 is 0 Å². The number of carboxylic acids is 1. The fourth-order valence-electron chi connectivity index (χ4n) is 0.511. The van der Waals surface area contributed by atoms with Crippen LogP contribution in [0.15, 0.2) is 0 Å². The maximum atomic E-state index is 12.4. The van der Waals surface area contributed by atoms with Gasteiger partial charge in [0.1, 0.15) is 12.2 Å². The molecule has 0 aromatic heterocycles.